The summed E-state index contributed by atoms with van der Waals surface area (Å²) in [6, 6.07) is 12.2. The van der Waals surface area contributed by atoms with Crippen LogP contribution < -0.4 is 9.80 Å². The molecule has 2 heterocycles. The van der Waals surface area contributed by atoms with Gasteiger partial charge in [-0.25, -0.2) is 0 Å². The molecule has 0 bridgehead atoms. The second-order valence-electron chi connectivity index (χ2n) is 13.6. The third kappa shape index (κ3) is 9.15. The zero-order valence-electron chi connectivity index (χ0n) is 28.8. The normalized spacial score (nSPS) is 17.2. The fraction of sp³-hybridized carbons (Fsp3) is 0.600. The van der Waals surface area contributed by atoms with E-state index < -0.39 is 0 Å². The number of amides is 2. The topological polar surface area (TPSA) is 40.6 Å². The van der Waals surface area contributed by atoms with Gasteiger partial charge in [-0.15, -0.1) is 0 Å². The highest BCUT2D eigenvalue weighted by atomic mass is 79.9. The number of halogens is 2. The molecule has 0 saturated heterocycles. The van der Waals surface area contributed by atoms with Gasteiger partial charge in [0, 0.05) is 33.2 Å². The zero-order chi connectivity index (χ0) is 33.1. The highest BCUT2D eigenvalue weighted by Crippen LogP contribution is 2.48. The second kappa shape index (κ2) is 18.6. The fourth-order valence-electron chi connectivity index (χ4n) is 7.32. The molecule has 4 rings (SSSR count). The summed E-state index contributed by atoms with van der Waals surface area (Å²) in [7, 11) is 0. The van der Waals surface area contributed by atoms with E-state index in [0.29, 0.717) is 36.1 Å². The summed E-state index contributed by atoms with van der Waals surface area (Å²) in [4.78, 5) is 33.2. The van der Waals surface area contributed by atoms with Crippen LogP contribution in [0.1, 0.15) is 142 Å². The Morgan fingerprint density at radius 3 is 1.26 bits per heavy atom. The van der Waals surface area contributed by atoms with Crippen molar-refractivity contribution in [1.29, 1.82) is 0 Å². The number of rotatable bonds is 20. The van der Waals surface area contributed by atoms with E-state index in [0.717, 1.165) is 70.0 Å². The van der Waals surface area contributed by atoms with E-state index in [4.69, 9.17) is 0 Å². The number of fused-ring (bicyclic) bond motifs is 2. The van der Waals surface area contributed by atoms with Gasteiger partial charge >= 0.3 is 0 Å². The number of hydrogen-bond acceptors (Lipinski definition) is 2. The Morgan fingerprint density at radius 2 is 0.891 bits per heavy atom. The molecule has 2 aliphatic rings. The quantitative estimate of drug-likeness (QED) is 0.0997. The summed E-state index contributed by atoms with van der Waals surface area (Å²) in [6.07, 6.45) is 19.1. The maximum atomic E-state index is 14.6. The highest BCUT2D eigenvalue weighted by Gasteiger charge is 2.43. The smallest absolute Gasteiger partial charge is 0.259 e. The van der Waals surface area contributed by atoms with Gasteiger partial charge < -0.3 is 9.80 Å². The van der Waals surface area contributed by atoms with Crippen LogP contribution in [0.15, 0.2) is 45.3 Å². The fourth-order valence-corrected chi connectivity index (χ4v) is 8.02. The predicted molar refractivity (Wildman–Crippen MR) is 203 cm³/mol. The molecule has 0 spiro atoms. The molecule has 46 heavy (non-hydrogen) atoms. The largest absolute Gasteiger partial charge is 0.307 e. The Kier molecular flexibility index (Phi) is 14.9. The molecule has 2 aliphatic heterocycles. The molecule has 0 aromatic heterocycles. The van der Waals surface area contributed by atoms with Gasteiger partial charge in [0.1, 0.15) is 0 Å². The summed E-state index contributed by atoms with van der Waals surface area (Å²) in [6.45, 7) is 10.4. The minimum atomic E-state index is -0.0238. The van der Waals surface area contributed by atoms with E-state index in [2.05, 4.69) is 71.7 Å². The van der Waals surface area contributed by atoms with E-state index in [-0.39, 0.29) is 11.8 Å². The lowest BCUT2D eigenvalue weighted by Gasteiger charge is -2.25. The van der Waals surface area contributed by atoms with E-state index in [1.54, 1.807) is 0 Å². The predicted octanol–water partition coefficient (Wildman–Crippen LogP) is 12.4. The van der Waals surface area contributed by atoms with Crippen LogP contribution in [0.25, 0.3) is 11.1 Å². The van der Waals surface area contributed by atoms with E-state index in [1.165, 1.54) is 64.2 Å². The first-order chi connectivity index (χ1) is 22.3. The number of nitrogens with zero attached hydrogens (tertiary/aromatic N) is 2. The molecule has 2 unspecified atom stereocenters. The number of carbonyl (C=O) groups is 2. The third-order valence-corrected chi connectivity index (χ3v) is 10.9. The first kappa shape index (κ1) is 36.9. The molecule has 2 aromatic rings. The molecule has 6 heteroatoms. The van der Waals surface area contributed by atoms with Crippen molar-refractivity contribution in [2.45, 2.75) is 130 Å². The lowest BCUT2D eigenvalue weighted by atomic mass is 9.94. The Labute approximate surface area is 296 Å². The van der Waals surface area contributed by atoms with E-state index in [9.17, 15) is 9.59 Å². The van der Waals surface area contributed by atoms with Crippen molar-refractivity contribution in [3.8, 4) is 0 Å². The van der Waals surface area contributed by atoms with Crippen LogP contribution in [0.5, 0.6) is 0 Å². The van der Waals surface area contributed by atoms with Crippen LogP contribution in [0.4, 0.5) is 11.4 Å². The minimum Gasteiger partial charge on any atom is -0.307 e. The van der Waals surface area contributed by atoms with Gasteiger partial charge in [0.15, 0.2) is 0 Å². The molecule has 252 valence electrons. The lowest BCUT2D eigenvalue weighted by Crippen LogP contribution is -2.34. The highest BCUT2D eigenvalue weighted by molar-refractivity contribution is 9.10. The number of hydrogen-bond donors (Lipinski definition) is 0. The SMILES string of the molecule is CCCCCCC(CCCC)CN1C(=O)/C(=C2/C(=O)N(CC(CCCC)CCCCCC)c3cc(Br)ccc32)c2ccc(Br)cc21. The average molecular weight is 757 g/mol. The minimum absolute atomic E-state index is 0.0238. The first-order valence-corrected chi connectivity index (χ1v) is 19.9. The van der Waals surface area contributed by atoms with Crippen molar-refractivity contribution in [2.24, 2.45) is 11.8 Å². The van der Waals surface area contributed by atoms with E-state index >= 15 is 0 Å². The molecule has 0 saturated carbocycles. The molecular weight excluding hydrogens is 700 g/mol. The second-order valence-corrected chi connectivity index (χ2v) is 15.5. The van der Waals surface area contributed by atoms with E-state index in [1.807, 2.05) is 34.1 Å². The molecule has 2 aromatic carbocycles. The van der Waals surface area contributed by atoms with Crippen molar-refractivity contribution >= 4 is 66.2 Å². The zero-order valence-corrected chi connectivity index (χ0v) is 32.0. The van der Waals surface area contributed by atoms with Gasteiger partial charge in [-0.2, -0.15) is 0 Å². The van der Waals surface area contributed by atoms with Crippen LogP contribution in [-0.2, 0) is 9.59 Å². The Morgan fingerprint density at radius 1 is 0.522 bits per heavy atom. The van der Waals surface area contributed by atoms with Crippen molar-refractivity contribution in [3.63, 3.8) is 0 Å². The van der Waals surface area contributed by atoms with Crippen molar-refractivity contribution in [2.75, 3.05) is 22.9 Å². The molecule has 0 radical (unpaired) electrons. The summed E-state index contributed by atoms with van der Waals surface area (Å²) in [5.41, 5.74) is 4.78. The van der Waals surface area contributed by atoms with Crippen LogP contribution in [0.3, 0.4) is 0 Å². The van der Waals surface area contributed by atoms with Crippen LogP contribution >= 0.6 is 31.9 Å². The summed E-state index contributed by atoms with van der Waals surface area (Å²) in [5, 5.41) is 0. The van der Waals surface area contributed by atoms with Crippen molar-refractivity contribution in [1.82, 2.24) is 0 Å². The Hall–Kier alpha value is -1.92. The monoisotopic (exact) mass is 754 g/mol. The Balaban J connectivity index is 1.71. The van der Waals surface area contributed by atoms with Crippen LogP contribution in [-0.4, -0.2) is 24.9 Å². The maximum absolute atomic E-state index is 14.6. The summed E-state index contributed by atoms with van der Waals surface area (Å²) < 4.78 is 1.91. The van der Waals surface area contributed by atoms with Crippen molar-refractivity contribution in [3.05, 3.63) is 56.5 Å². The lowest BCUT2D eigenvalue weighted by molar-refractivity contribution is -0.114. The molecule has 4 nitrogen and oxygen atoms in total. The molecule has 0 aliphatic carbocycles. The summed E-state index contributed by atoms with van der Waals surface area (Å²) >= 11 is 7.36. The molecule has 2 atom stereocenters. The molecule has 0 fully saturated rings. The van der Waals surface area contributed by atoms with Gasteiger partial charge in [0.25, 0.3) is 11.8 Å². The first-order valence-electron chi connectivity index (χ1n) is 18.3. The summed E-state index contributed by atoms with van der Waals surface area (Å²) in [5.74, 6) is 0.847. The van der Waals surface area contributed by atoms with Gasteiger partial charge in [0.2, 0.25) is 0 Å². The van der Waals surface area contributed by atoms with Crippen LogP contribution in [0, 0.1) is 11.8 Å². The molecular formula is C40H56Br2N2O2. The van der Waals surface area contributed by atoms with Gasteiger partial charge in [-0.05, 0) is 61.8 Å². The molecule has 0 N–H and O–H groups in total. The maximum Gasteiger partial charge on any atom is 0.259 e. The number of unbranched alkanes of at least 4 members (excludes halogenated alkanes) is 8. The van der Waals surface area contributed by atoms with Gasteiger partial charge in [0.05, 0.1) is 22.5 Å². The van der Waals surface area contributed by atoms with Gasteiger partial charge in [-0.1, -0.05) is 149 Å². The average Bonchev–Trinajstić information content (AvgIpc) is 3.46. The third-order valence-electron chi connectivity index (χ3n) is 9.95. The number of anilines is 2. The van der Waals surface area contributed by atoms with Crippen molar-refractivity contribution < 1.29 is 9.59 Å². The standard InChI is InChI=1S/C40H56Br2N2O2/c1-5-9-13-15-19-29(17-11-7-3)27-43-35-25-31(41)21-23-33(35)37(39(43)45)38-34-24-22-32(42)26-36(34)44(40(38)46)28-30(18-12-8-4)20-16-14-10-6-2/h21-26,29-30H,5-20,27-28H2,1-4H3/b38-37+. The van der Waals surface area contributed by atoms with Crippen LogP contribution in [0.2, 0.25) is 0 Å². The molecule has 2 amide bonds. The Bertz CT molecular complexity index is 1250. The van der Waals surface area contributed by atoms with Gasteiger partial charge in [-0.3, -0.25) is 9.59 Å². The number of benzene rings is 2. The number of carbonyl (C=O) groups excluding carboxylic acids is 2.